The summed E-state index contributed by atoms with van der Waals surface area (Å²) in [6.45, 7) is 8.68. The number of rotatable bonds is 3. The van der Waals surface area contributed by atoms with Crippen molar-refractivity contribution in [2.45, 2.75) is 40.7 Å². The molecule has 0 aliphatic carbocycles. The summed E-state index contributed by atoms with van der Waals surface area (Å²) in [6.07, 6.45) is 2.80. The van der Waals surface area contributed by atoms with E-state index < -0.39 is 0 Å². The van der Waals surface area contributed by atoms with E-state index >= 15 is 0 Å². The molecule has 0 radical (unpaired) electrons. The Bertz CT molecular complexity index is 478. The topological polar surface area (TPSA) is 45.8 Å². The molecule has 0 unspecified atom stereocenters. The van der Waals surface area contributed by atoms with Crippen molar-refractivity contribution in [3.63, 3.8) is 0 Å². The second kappa shape index (κ2) is 4.98. The summed E-state index contributed by atoms with van der Waals surface area (Å²) in [5.74, 6) is 0.555. The summed E-state index contributed by atoms with van der Waals surface area (Å²) < 4.78 is 1.65. The molecule has 1 aromatic rings. The van der Waals surface area contributed by atoms with Crippen LogP contribution in [0.1, 0.15) is 37.0 Å². The van der Waals surface area contributed by atoms with Crippen LogP contribution < -0.4 is 5.56 Å². The number of aromatic nitrogens is 1. The summed E-state index contributed by atoms with van der Waals surface area (Å²) in [7, 11) is 0. The predicted molar refractivity (Wildman–Crippen MR) is 64.3 cm³/mol. The number of hydrogen-bond donors (Lipinski definition) is 0. The Morgan fingerprint density at radius 1 is 1.44 bits per heavy atom. The van der Waals surface area contributed by atoms with E-state index in [1.54, 1.807) is 4.57 Å². The Labute approximate surface area is 96.3 Å². The average molecular weight is 218 g/mol. The lowest BCUT2D eigenvalue weighted by Crippen LogP contribution is -2.24. The highest BCUT2D eigenvalue weighted by molar-refractivity contribution is 5.38. The van der Waals surface area contributed by atoms with Gasteiger partial charge in [0.1, 0.15) is 11.6 Å². The fourth-order valence-electron chi connectivity index (χ4n) is 1.59. The van der Waals surface area contributed by atoms with E-state index in [0.717, 1.165) is 17.5 Å². The maximum absolute atomic E-state index is 11.9. The summed E-state index contributed by atoms with van der Waals surface area (Å²) in [5, 5.41) is 8.96. The van der Waals surface area contributed by atoms with Crippen molar-refractivity contribution in [3.05, 3.63) is 33.2 Å². The maximum Gasteiger partial charge on any atom is 0.268 e. The third-order valence-corrected chi connectivity index (χ3v) is 2.85. The van der Waals surface area contributed by atoms with E-state index in [1.807, 2.05) is 26.1 Å². The van der Waals surface area contributed by atoms with Gasteiger partial charge in [0.15, 0.2) is 0 Å². The molecule has 3 heteroatoms. The molecule has 3 nitrogen and oxygen atoms in total. The third-order valence-electron chi connectivity index (χ3n) is 2.85. The smallest absolute Gasteiger partial charge is 0.268 e. The molecular weight excluding hydrogens is 200 g/mol. The van der Waals surface area contributed by atoms with Crippen LogP contribution in [-0.2, 0) is 6.54 Å². The minimum Gasteiger partial charge on any atom is -0.314 e. The zero-order valence-electron chi connectivity index (χ0n) is 10.4. The lowest BCUT2D eigenvalue weighted by Gasteiger charge is -2.11. The van der Waals surface area contributed by atoms with Gasteiger partial charge in [-0.3, -0.25) is 4.79 Å². The summed E-state index contributed by atoms with van der Waals surface area (Å²) in [5.41, 5.74) is 1.92. The van der Waals surface area contributed by atoms with Crippen molar-refractivity contribution in [3.8, 4) is 6.07 Å². The number of hydrogen-bond acceptors (Lipinski definition) is 2. The largest absolute Gasteiger partial charge is 0.314 e. The predicted octanol–water partition coefficient (Wildman–Crippen LogP) is 2.38. The van der Waals surface area contributed by atoms with Crippen molar-refractivity contribution < 1.29 is 0 Å². The maximum atomic E-state index is 11.9. The first-order chi connectivity index (χ1) is 7.47. The molecule has 16 heavy (non-hydrogen) atoms. The van der Waals surface area contributed by atoms with Gasteiger partial charge in [0.25, 0.3) is 5.56 Å². The van der Waals surface area contributed by atoms with Crippen LogP contribution in [-0.4, -0.2) is 4.57 Å². The molecule has 0 atom stereocenters. The van der Waals surface area contributed by atoms with Crippen LogP contribution in [0.2, 0.25) is 0 Å². The summed E-state index contributed by atoms with van der Waals surface area (Å²) in [4.78, 5) is 11.9. The number of nitriles is 1. The molecule has 0 fully saturated rings. The molecule has 1 rings (SSSR count). The monoisotopic (exact) mass is 218 g/mol. The van der Waals surface area contributed by atoms with Gasteiger partial charge in [0, 0.05) is 12.7 Å². The van der Waals surface area contributed by atoms with Crippen molar-refractivity contribution >= 4 is 0 Å². The number of aryl methyl sites for hydroxylation is 2. The minimum absolute atomic E-state index is 0.161. The molecule has 0 bridgehead atoms. The number of nitrogens with zero attached hydrogens (tertiary/aromatic N) is 2. The molecule has 0 saturated heterocycles. The molecule has 0 aliphatic heterocycles. The first-order valence-corrected chi connectivity index (χ1v) is 5.58. The quantitative estimate of drug-likeness (QED) is 0.782. The summed E-state index contributed by atoms with van der Waals surface area (Å²) in [6, 6.07) is 2.00. The second-order valence-corrected chi connectivity index (χ2v) is 4.60. The summed E-state index contributed by atoms with van der Waals surface area (Å²) >= 11 is 0. The van der Waals surface area contributed by atoms with Crippen LogP contribution in [0.4, 0.5) is 0 Å². The minimum atomic E-state index is -0.161. The van der Waals surface area contributed by atoms with Crippen LogP contribution in [0.25, 0.3) is 0 Å². The molecule has 0 amide bonds. The zero-order chi connectivity index (χ0) is 12.3. The second-order valence-electron chi connectivity index (χ2n) is 4.60. The number of pyridine rings is 1. The fraction of sp³-hybridized carbons (Fsp3) is 0.538. The van der Waals surface area contributed by atoms with Gasteiger partial charge in [-0.15, -0.1) is 0 Å². The standard InChI is InChI=1S/C13H18N2O/c1-9(2)5-6-15-8-10(3)11(4)12(7-14)13(15)16/h8-9H,5-6H2,1-4H3. The lowest BCUT2D eigenvalue weighted by molar-refractivity contribution is 0.506. The van der Waals surface area contributed by atoms with E-state index in [-0.39, 0.29) is 11.1 Å². The van der Waals surface area contributed by atoms with Crippen LogP contribution in [0.15, 0.2) is 11.0 Å². The lowest BCUT2D eigenvalue weighted by atomic mass is 10.1. The van der Waals surface area contributed by atoms with Crippen LogP contribution in [0, 0.1) is 31.1 Å². The van der Waals surface area contributed by atoms with Crippen LogP contribution in [0.3, 0.4) is 0 Å². The molecule has 0 N–H and O–H groups in total. The van der Waals surface area contributed by atoms with Crippen molar-refractivity contribution in [1.29, 1.82) is 5.26 Å². The van der Waals surface area contributed by atoms with Crippen LogP contribution in [0.5, 0.6) is 0 Å². The Morgan fingerprint density at radius 2 is 2.06 bits per heavy atom. The Morgan fingerprint density at radius 3 is 2.56 bits per heavy atom. The third kappa shape index (κ3) is 2.52. The first-order valence-electron chi connectivity index (χ1n) is 5.58. The van der Waals surface area contributed by atoms with Crippen LogP contribution >= 0.6 is 0 Å². The molecule has 86 valence electrons. The van der Waals surface area contributed by atoms with Gasteiger partial charge in [-0.25, -0.2) is 0 Å². The van der Waals surface area contributed by atoms with E-state index in [2.05, 4.69) is 13.8 Å². The highest BCUT2D eigenvalue weighted by Crippen LogP contribution is 2.09. The molecule has 0 saturated carbocycles. The normalized spacial score (nSPS) is 10.5. The van der Waals surface area contributed by atoms with E-state index in [0.29, 0.717) is 12.5 Å². The molecule has 1 heterocycles. The van der Waals surface area contributed by atoms with Gasteiger partial charge >= 0.3 is 0 Å². The van der Waals surface area contributed by atoms with Gasteiger partial charge < -0.3 is 4.57 Å². The van der Waals surface area contributed by atoms with Gasteiger partial charge in [-0.2, -0.15) is 5.26 Å². The SMILES string of the molecule is Cc1cn(CCC(C)C)c(=O)c(C#N)c1C. The zero-order valence-corrected chi connectivity index (χ0v) is 10.4. The van der Waals surface area contributed by atoms with Gasteiger partial charge in [-0.1, -0.05) is 13.8 Å². The van der Waals surface area contributed by atoms with Crippen molar-refractivity contribution in [1.82, 2.24) is 4.57 Å². The van der Waals surface area contributed by atoms with E-state index in [4.69, 9.17) is 5.26 Å². The first kappa shape index (κ1) is 12.5. The Kier molecular flexibility index (Phi) is 3.89. The fourth-order valence-corrected chi connectivity index (χ4v) is 1.59. The molecular formula is C13H18N2O. The Hall–Kier alpha value is -1.56. The van der Waals surface area contributed by atoms with E-state index in [9.17, 15) is 4.79 Å². The van der Waals surface area contributed by atoms with E-state index in [1.165, 1.54) is 0 Å². The molecule has 0 aromatic carbocycles. The van der Waals surface area contributed by atoms with Gasteiger partial charge in [0.2, 0.25) is 0 Å². The molecule has 0 spiro atoms. The average Bonchev–Trinajstić information content (AvgIpc) is 2.22. The molecule has 1 aromatic heterocycles. The highest BCUT2D eigenvalue weighted by Gasteiger charge is 2.09. The van der Waals surface area contributed by atoms with Crippen molar-refractivity contribution in [2.24, 2.45) is 5.92 Å². The van der Waals surface area contributed by atoms with Gasteiger partial charge in [-0.05, 0) is 37.3 Å². The highest BCUT2D eigenvalue weighted by atomic mass is 16.1. The van der Waals surface area contributed by atoms with Crippen molar-refractivity contribution in [2.75, 3.05) is 0 Å². The molecule has 0 aliphatic rings. The van der Waals surface area contributed by atoms with Gasteiger partial charge in [0.05, 0.1) is 0 Å². The Balaban J connectivity index is 3.18.